The third kappa shape index (κ3) is 7.20. The molecular weight excluding hydrogens is 422 g/mol. The molecule has 9 heteroatoms. The van der Waals surface area contributed by atoms with E-state index in [1.165, 1.54) is 11.1 Å². The number of benzene rings is 1. The Morgan fingerprint density at radius 3 is 2.09 bits per heavy atom. The first-order chi connectivity index (χ1) is 9.62. The van der Waals surface area contributed by atoms with Crippen LogP contribution in [-0.2, 0) is 4.74 Å². The Labute approximate surface area is 128 Å². The fraction of sp³-hybridized carbons (Fsp3) is 0.538. The van der Waals surface area contributed by atoms with Crippen molar-refractivity contribution in [2.75, 3.05) is 26.7 Å². The SMILES string of the molecule is CC[N+]1(C)CCOC1c1ccccc1C.[F][Sb-]([F])([F])([F])([F])[F]. The summed E-state index contributed by atoms with van der Waals surface area (Å²) >= 11 is -11.2. The predicted octanol–water partition coefficient (Wildman–Crippen LogP) is 4.63. The number of rotatable bonds is 2. The number of hydrogen-bond acceptors (Lipinski definition) is 1. The average Bonchev–Trinajstić information content (AvgIpc) is 2.69. The normalized spacial score (nSPS) is 28.3. The van der Waals surface area contributed by atoms with Gasteiger partial charge >= 0.3 is 36.4 Å². The van der Waals surface area contributed by atoms with Crippen LogP contribution in [0.2, 0.25) is 0 Å². The van der Waals surface area contributed by atoms with Crippen molar-refractivity contribution < 1.29 is 26.1 Å². The van der Waals surface area contributed by atoms with E-state index in [4.69, 9.17) is 4.74 Å². The molecule has 0 aromatic heterocycles. The summed E-state index contributed by atoms with van der Waals surface area (Å²) in [7, 11) is 2.28. The van der Waals surface area contributed by atoms with Crippen molar-refractivity contribution in [3.05, 3.63) is 35.4 Å². The van der Waals surface area contributed by atoms with Gasteiger partial charge < -0.3 is 4.74 Å². The molecule has 2 nitrogen and oxygen atoms in total. The van der Waals surface area contributed by atoms with Crippen molar-refractivity contribution in [3.8, 4) is 0 Å². The van der Waals surface area contributed by atoms with Crippen LogP contribution in [0.25, 0.3) is 0 Å². The van der Waals surface area contributed by atoms with Crippen LogP contribution < -0.4 is 0 Å². The zero-order valence-electron chi connectivity index (χ0n) is 12.6. The van der Waals surface area contributed by atoms with Crippen molar-refractivity contribution in [1.29, 1.82) is 0 Å². The van der Waals surface area contributed by atoms with E-state index in [9.17, 15) is 16.9 Å². The second kappa shape index (κ2) is 5.56. The van der Waals surface area contributed by atoms with E-state index in [0.29, 0.717) is 0 Å². The number of quaternary nitrogens is 1. The topological polar surface area (TPSA) is 9.23 Å². The second-order valence-corrected chi connectivity index (χ2v) is 11.0. The third-order valence-corrected chi connectivity index (χ3v) is 3.62. The molecule has 1 aromatic rings. The van der Waals surface area contributed by atoms with Gasteiger partial charge in [0.2, 0.25) is 6.23 Å². The number of likely N-dealkylation sites (N-methyl/N-ethyl adjacent to an activating group) is 1. The number of halogens is 6. The molecule has 1 aromatic carbocycles. The van der Waals surface area contributed by atoms with Crippen molar-refractivity contribution in [3.63, 3.8) is 0 Å². The molecule has 0 aliphatic carbocycles. The van der Waals surface area contributed by atoms with Crippen molar-refractivity contribution in [1.82, 2.24) is 0 Å². The standard InChI is InChI=1S/C13H20NO.6FH.Sb/c1-4-14(3)9-10-15-13(14)12-8-6-5-7-11(12)2;;;;;;;/h5-8,13H,4,9-10H2,1-3H3;6*1H;/q+1;;;;;;;+5/p-6. The van der Waals surface area contributed by atoms with Gasteiger partial charge in [-0.15, -0.1) is 0 Å². The summed E-state index contributed by atoms with van der Waals surface area (Å²) in [6.07, 6.45) is 0.233. The van der Waals surface area contributed by atoms with Gasteiger partial charge in [0.1, 0.15) is 13.2 Å². The van der Waals surface area contributed by atoms with E-state index in [1.807, 2.05) is 0 Å². The van der Waals surface area contributed by atoms with Gasteiger partial charge in [0.25, 0.3) is 0 Å². The molecule has 1 aliphatic rings. The molecular formula is C13H20F6NOSb. The molecule has 0 radical (unpaired) electrons. The Morgan fingerprint density at radius 1 is 1.14 bits per heavy atom. The average molecular weight is 442 g/mol. The third-order valence-electron chi connectivity index (χ3n) is 3.62. The van der Waals surface area contributed by atoms with Crippen LogP contribution in [0, 0.1) is 6.92 Å². The van der Waals surface area contributed by atoms with Crippen molar-refractivity contribution in [2.45, 2.75) is 20.1 Å². The van der Waals surface area contributed by atoms with Gasteiger partial charge in [0.05, 0.1) is 13.6 Å². The summed E-state index contributed by atoms with van der Waals surface area (Å²) in [5.74, 6) is 0. The van der Waals surface area contributed by atoms with Crippen LogP contribution >= 0.6 is 0 Å². The number of hydrogen-bond donors (Lipinski definition) is 0. The Bertz CT molecular complexity index is 521. The quantitative estimate of drug-likeness (QED) is 0.369. The van der Waals surface area contributed by atoms with Gasteiger partial charge in [-0.3, -0.25) is 4.48 Å². The molecule has 2 rings (SSSR count). The zero-order valence-corrected chi connectivity index (χ0v) is 15.1. The second-order valence-electron chi connectivity index (χ2n) is 5.56. The van der Waals surface area contributed by atoms with Crippen LogP contribution in [-0.4, -0.2) is 50.7 Å². The van der Waals surface area contributed by atoms with Crippen LogP contribution in [0.15, 0.2) is 24.3 Å². The Morgan fingerprint density at radius 2 is 1.64 bits per heavy atom. The first kappa shape index (κ1) is 19.6. The van der Waals surface area contributed by atoms with Gasteiger partial charge in [0, 0.05) is 5.56 Å². The summed E-state index contributed by atoms with van der Waals surface area (Å²) in [6.45, 7) is 7.52. The van der Waals surface area contributed by atoms with E-state index in [2.05, 4.69) is 45.2 Å². The van der Waals surface area contributed by atoms with E-state index >= 15 is 0 Å². The van der Waals surface area contributed by atoms with Gasteiger partial charge in [-0.1, -0.05) is 24.3 Å². The van der Waals surface area contributed by atoms with E-state index in [-0.39, 0.29) is 6.23 Å². The van der Waals surface area contributed by atoms with Gasteiger partial charge in [-0.2, -0.15) is 0 Å². The van der Waals surface area contributed by atoms with Gasteiger partial charge in [-0.25, -0.2) is 0 Å². The molecule has 130 valence electrons. The fourth-order valence-electron chi connectivity index (χ4n) is 2.28. The maximum atomic E-state index is 9.93. The summed E-state index contributed by atoms with van der Waals surface area (Å²) in [6, 6.07) is 8.54. The molecule has 1 fully saturated rings. The predicted molar refractivity (Wildman–Crippen MR) is 73.9 cm³/mol. The first-order valence-electron chi connectivity index (χ1n) is 6.70. The Hall–Kier alpha value is -0.462. The molecule has 0 spiro atoms. The molecule has 1 saturated heterocycles. The Balaban J connectivity index is 0.000000295. The molecule has 0 amide bonds. The molecule has 1 aliphatic heterocycles. The minimum atomic E-state index is -11.2. The van der Waals surface area contributed by atoms with E-state index in [1.54, 1.807) is 0 Å². The van der Waals surface area contributed by atoms with Crippen molar-refractivity contribution in [2.24, 2.45) is 0 Å². The van der Waals surface area contributed by atoms with Crippen LogP contribution in [0.3, 0.4) is 0 Å². The molecule has 0 saturated carbocycles. The number of nitrogens with zero attached hydrogens (tertiary/aromatic N) is 1. The van der Waals surface area contributed by atoms with Crippen molar-refractivity contribution >= 4 is 19.5 Å². The molecule has 2 unspecified atom stereocenters. The van der Waals surface area contributed by atoms with E-state index < -0.39 is 19.5 Å². The molecule has 2 atom stereocenters. The van der Waals surface area contributed by atoms with Crippen LogP contribution in [0.5, 0.6) is 0 Å². The fourth-order valence-corrected chi connectivity index (χ4v) is 2.28. The molecule has 1 heterocycles. The van der Waals surface area contributed by atoms with Gasteiger partial charge in [0.15, 0.2) is 0 Å². The monoisotopic (exact) mass is 441 g/mol. The van der Waals surface area contributed by atoms with Crippen LogP contribution in [0.4, 0.5) is 16.9 Å². The molecule has 0 N–H and O–H groups in total. The maximum absolute atomic E-state index is 11.2. The number of ether oxygens (including phenoxy) is 1. The van der Waals surface area contributed by atoms with Crippen LogP contribution in [0.1, 0.15) is 24.3 Å². The Kier molecular flexibility index (Phi) is 4.95. The molecule has 22 heavy (non-hydrogen) atoms. The summed E-state index contributed by atoms with van der Waals surface area (Å²) in [4.78, 5) is 0. The molecule has 0 bridgehead atoms. The van der Waals surface area contributed by atoms with Gasteiger partial charge in [-0.05, 0) is 19.4 Å². The summed E-state index contributed by atoms with van der Waals surface area (Å²) in [5, 5.41) is 0. The zero-order chi connectivity index (χ0) is 17.3. The summed E-state index contributed by atoms with van der Waals surface area (Å²) < 4.78 is 66.5. The minimum absolute atomic E-state index is 0.233. The van der Waals surface area contributed by atoms with E-state index in [0.717, 1.165) is 24.2 Å². The first-order valence-corrected chi connectivity index (χ1v) is 12.5. The number of aryl methyl sites for hydroxylation is 1. The summed E-state index contributed by atoms with van der Waals surface area (Å²) in [5.41, 5.74) is 2.68.